The maximum Gasteiger partial charge on any atom is 0.303 e. The molecule has 0 saturated carbocycles. The molecule has 0 spiro atoms. The first kappa shape index (κ1) is 27.2. The maximum atomic E-state index is 12.0. The summed E-state index contributed by atoms with van der Waals surface area (Å²) in [6.45, 7) is 3.84. The highest BCUT2D eigenvalue weighted by atomic mass is 16.7. The number of ether oxygens (including phenoxy) is 2. The van der Waals surface area contributed by atoms with Crippen LogP contribution in [-0.4, -0.2) is 63.9 Å². The van der Waals surface area contributed by atoms with Gasteiger partial charge in [-0.2, -0.15) is 0 Å². The molecular formula is C28H36N2O7. The van der Waals surface area contributed by atoms with Crippen LogP contribution in [0, 0.1) is 5.92 Å². The minimum absolute atomic E-state index is 0.0214. The van der Waals surface area contributed by atoms with E-state index in [0.29, 0.717) is 12.2 Å². The lowest BCUT2D eigenvalue weighted by Gasteiger charge is -2.43. The molecule has 2 aliphatic heterocycles. The molecule has 2 aromatic carbocycles. The fourth-order valence-electron chi connectivity index (χ4n) is 5.07. The van der Waals surface area contributed by atoms with Gasteiger partial charge in [-0.1, -0.05) is 43.3 Å². The number of aliphatic hydroxyl groups is 2. The first-order valence-electron chi connectivity index (χ1n) is 12.8. The van der Waals surface area contributed by atoms with Gasteiger partial charge in [-0.05, 0) is 42.6 Å². The number of nitrogens with zero attached hydrogens (tertiary/aromatic N) is 1. The summed E-state index contributed by atoms with van der Waals surface area (Å²) in [6.07, 6.45) is 0.721. The SMILES string of the molecule is CC1C(CN2CCCC2CO)OC(c2ccc(NC(=O)CCC(=O)O)cc2)OC1c1ccc(CO)cc1. The number of amides is 1. The molecule has 200 valence electrons. The van der Waals surface area contributed by atoms with E-state index in [9.17, 15) is 19.8 Å². The molecule has 2 fully saturated rings. The van der Waals surface area contributed by atoms with E-state index in [2.05, 4.69) is 17.1 Å². The molecule has 9 heteroatoms. The second-order valence-corrected chi connectivity index (χ2v) is 9.86. The Morgan fingerprint density at radius 1 is 1.00 bits per heavy atom. The molecule has 1 amide bonds. The zero-order valence-electron chi connectivity index (χ0n) is 21.1. The minimum Gasteiger partial charge on any atom is -0.481 e. The summed E-state index contributed by atoms with van der Waals surface area (Å²) in [6, 6.07) is 15.1. The van der Waals surface area contributed by atoms with Crippen LogP contribution < -0.4 is 5.32 Å². The first-order chi connectivity index (χ1) is 17.9. The fraction of sp³-hybridized carbons (Fsp3) is 0.500. The molecule has 2 aliphatic rings. The monoisotopic (exact) mass is 512 g/mol. The molecule has 9 nitrogen and oxygen atoms in total. The Morgan fingerprint density at radius 2 is 1.70 bits per heavy atom. The van der Waals surface area contributed by atoms with Gasteiger partial charge in [0.2, 0.25) is 5.91 Å². The van der Waals surface area contributed by atoms with Gasteiger partial charge in [0.1, 0.15) is 0 Å². The summed E-state index contributed by atoms with van der Waals surface area (Å²) < 4.78 is 13.0. The highest BCUT2D eigenvalue weighted by Gasteiger charge is 2.40. The van der Waals surface area contributed by atoms with Gasteiger partial charge in [0.05, 0.1) is 31.8 Å². The van der Waals surface area contributed by atoms with Crippen molar-refractivity contribution in [3.8, 4) is 0 Å². The van der Waals surface area contributed by atoms with E-state index in [1.807, 2.05) is 36.4 Å². The van der Waals surface area contributed by atoms with Crippen LogP contribution in [0.2, 0.25) is 0 Å². The lowest BCUT2D eigenvalue weighted by molar-refractivity contribution is -0.276. The number of hydrogen-bond acceptors (Lipinski definition) is 7. The standard InChI is InChI=1S/C28H36N2O7/c1-18-24(15-30-14-2-3-23(30)17-32)36-28(37-27(18)20-6-4-19(16-31)5-7-20)21-8-10-22(11-9-21)29-25(33)12-13-26(34)35/h4-11,18,23-24,27-28,31-32H,2-3,12-17H2,1H3,(H,29,33)(H,34,35). The zero-order chi connectivity index (χ0) is 26.4. The van der Waals surface area contributed by atoms with Crippen molar-refractivity contribution in [2.75, 3.05) is 25.0 Å². The highest BCUT2D eigenvalue weighted by molar-refractivity contribution is 5.92. The molecule has 2 heterocycles. The highest BCUT2D eigenvalue weighted by Crippen LogP contribution is 2.42. The van der Waals surface area contributed by atoms with Crippen LogP contribution in [0.3, 0.4) is 0 Å². The van der Waals surface area contributed by atoms with Gasteiger partial charge in [-0.25, -0.2) is 0 Å². The minimum atomic E-state index is -1.01. The third-order valence-electron chi connectivity index (χ3n) is 7.28. The van der Waals surface area contributed by atoms with Crippen LogP contribution in [-0.2, 0) is 25.7 Å². The smallest absolute Gasteiger partial charge is 0.303 e. The van der Waals surface area contributed by atoms with Crippen molar-refractivity contribution in [2.24, 2.45) is 5.92 Å². The zero-order valence-corrected chi connectivity index (χ0v) is 21.1. The third-order valence-corrected chi connectivity index (χ3v) is 7.28. The Kier molecular flexibility index (Phi) is 9.28. The van der Waals surface area contributed by atoms with Gasteiger partial charge in [-0.3, -0.25) is 14.5 Å². The molecule has 37 heavy (non-hydrogen) atoms. The number of carboxylic acids is 1. The number of aliphatic carboxylic acids is 1. The molecule has 5 atom stereocenters. The van der Waals surface area contributed by atoms with Gasteiger partial charge < -0.3 is 30.1 Å². The number of hydrogen-bond donors (Lipinski definition) is 4. The first-order valence-corrected chi connectivity index (χ1v) is 12.8. The van der Waals surface area contributed by atoms with Gasteiger partial charge in [0, 0.05) is 36.2 Å². The number of carbonyl (C=O) groups is 2. The van der Waals surface area contributed by atoms with Crippen LogP contribution in [0.1, 0.15) is 61.7 Å². The van der Waals surface area contributed by atoms with Gasteiger partial charge in [0.15, 0.2) is 6.29 Å². The lowest BCUT2D eigenvalue weighted by Crippen LogP contribution is -2.46. The third kappa shape index (κ3) is 6.94. The van der Waals surface area contributed by atoms with E-state index in [4.69, 9.17) is 14.6 Å². The van der Waals surface area contributed by atoms with E-state index in [1.165, 1.54) is 0 Å². The number of carboxylic acid groups (broad SMARTS) is 1. The average molecular weight is 513 g/mol. The largest absolute Gasteiger partial charge is 0.481 e. The van der Waals surface area contributed by atoms with Crippen LogP contribution in [0.15, 0.2) is 48.5 Å². The summed E-state index contributed by atoms with van der Waals surface area (Å²) in [7, 11) is 0. The molecule has 5 unspecified atom stereocenters. The van der Waals surface area contributed by atoms with Gasteiger partial charge >= 0.3 is 5.97 Å². The molecule has 4 rings (SSSR count). The molecule has 0 aromatic heterocycles. The Labute approximate surface area is 217 Å². The maximum absolute atomic E-state index is 12.0. The molecule has 0 bridgehead atoms. The summed E-state index contributed by atoms with van der Waals surface area (Å²) in [5.74, 6) is -1.32. The fourth-order valence-corrected chi connectivity index (χ4v) is 5.07. The quantitative estimate of drug-likeness (QED) is 0.382. The Bertz CT molecular complexity index is 1040. The predicted octanol–water partition coefficient (Wildman–Crippen LogP) is 3.23. The second-order valence-electron chi connectivity index (χ2n) is 9.86. The normalized spacial score (nSPS) is 26.2. The van der Waals surface area contributed by atoms with Gasteiger partial charge in [0.25, 0.3) is 0 Å². The van der Waals surface area contributed by atoms with Crippen molar-refractivity contribution in [3.05, 3.63) is 65.2 Å². The number of carbonyl (C=O) groups excluding carboxylic acids is 1. The van der Waals surface area contributed by atoms with E-state index in [0.717, 1.165) is 36.1 Å². The molecule has 0 radical (unpaired) electrons. The van der Waals surface area contributed by atoms with Crippen molar-refractivity contribution >= 4 is 17.6 Å². The van der Waals surface area contributed by atoms with Crippen molar-refractivity contribution in [1.29, 1.82) is 0 Å². The number of likely N-dealkylation sites (tertiary alicyclic amines) is 1. The van der Waals surface area contributed by atoms with Gasteiger partial charge in [-0.15, -0.1) is 0 Å². The Morgan fingerprint density at radius 3 is 2.35 bits per heavy atom. The number of aliphatic hydroxyl groups excluding tert-OH is 2. The van der Waals surface area contributed by atoms with Crippen LogP contribution in [0.4, 0.5) is 5.69 Å². The summed E-state index contributed by atoms with van der Waals surface area (Å²) in [5.41, 5.74) is 3.21. The van der Waals surface area contributed by atoms with Crippen LogP contribution >= 0.6 is 0 Å². The lowest BCUT2D eigenvalue weighted by atomic mass is 9.90. The van der Waals surface area contributed by atoms with E-state index < -0.39 is 12.3 Å². The van der Waals surface area contributed by atoms with Crippen molar-refractivity contribution in [3.63, 3.8) is 0 Å². The topological polar surface area (TPSA) is 129 Å². The van der Waals surface area contributed by atoms with Crippen molar-refractivity contribution in [1.82, 2.24) is 4.90 Å². The number of nitrogens with one attached hydrogen (secondary N) is 1. The summed E-state index contributed by atoms with van der Waals surface area (Å²) in [4.78, 5) is 25.0. The van der Waals surface area contributed by atoms with E-state index in [-0.39, 0.29) is 56.1 Å². The molecular weight excluding hydrogens is 476 g/mol. The number of benzene rings is 2. The molecule has 0 aliphatic carbocycles. The van der Waals surface area contributed by atoms with Crippen molar-refractivity contribution < 1.29 is 34.4 Å². The number of anilines is 1. The predicted molar refractivity (Wildman–Crippen MR) is 137 cm³/mol. The Balaban J connectivity index is 1.52. The summed E-state index contributed by atoms with van der Waals surface area (Å²) >= 11 is 0. The Hall–Kier alpha value is -2.82. The molecule has 2 aromatic rings. The van der Waals surface area contributed by atoms with Crippen LogP contribution in [0.25, 0.3) is 0 Å². The van der Waals surface area contributed by atoms with E-state index in [1.54, 1.807) is 12.1 Å². The second kappa shape index (κ2) is 12.6. The summed E-state index contributed by atoms with van der Waals surface area (Å²) in [5, 5.41) is 30.7. The number of rotatable bonds is 10. The van der Waals surface area contributed by atoms with Crippen molar-refractivity contribution in [2.45, 2.75) is 63.8 Å². The van der Waals surface area contributed by atoms with E-state index >= 15 is 0 Å². The molecule has 2 saturated heterocycles. The van der Waals surface area contributed by atoms with Crippen LogP contribution in [0.5, 0.6) is 0 Å². The molecule has 4 N–H and O–H groups in total. The average Bonchev–Trinajstić information content (AvgIpc) is 3.36.